The number of aliphatic hydroxyl groups is 2. The molecule has 0 spiro atoms. The molecule has 2 rings (SSSR count). The van der Waals surface area contributed by atoms with Gasteiger partial charge in [0.15, 0.2) is 11.9 Å². The van der Waals surface area contributed by atoms with Crippen molar-refractivity contribution in [1.82, 2.24) is 0 Å². The predicted molar refractivity (Wildman–Crippen MR) is 48.2 cm³/mol. The number of rotatable bonds is 2. The summed E-state index contributed by atoms with van der Waals surface area (Å²) in [4.78, 5) is 15.4. The summed E-state index contributed by atoms with van der Waals surface area (Å²) in [7, 11) is 0. The van der Waals surface area contributed by atoms with E-state index in [-0.39, 0.29) is 11.3 Å². The zero-order chi connectivity index (χ0) is 10.1. The van der Waals surface area contributed by atoms with Crippen LogP contribution < -0.4 is 0 Å². The first-order valence-electron chi connectivity index (χ1n) is 4.52. The van der Waals surface area contributed by atoms with Gasteiger partial charge in [-0.15, -0.1) is 0 Å². The first kappa shape index (κ1) is 9.21. The molecule has 5 nitrogen and oxygen atoms in total. The van der Waals surface area contributed by atoms with Gasteiger partial charge in [-0.2, -0.15) is 0 Å². The van der Waals surface area contributed by atoms with Crippen molar-refractivity contribution in [2.75, 3.05) is 13.2 Å². The van der Waals surface area contributed by atoms with Gasteiger partial charge in [-0.1, -0.05) is 0 Å². The number of cyclic esters (lactones) is 1. The summed E-state index contributed by atoms with van der Waals surface area (Å²) in [5.74, 6) is -0.764. The summed E-state index contributed by atoms with van der Waals surface area (Å²) in [5.41, 5.74) is 0.755. The molecule has 0 aromatic rings. The molecule has 0 amide bonds. The van der Waals surface area contributed by atoms with Crippen molar-refractivity contribution in [1.29, 1.82) is 0 Å². The average molecular weight is 197 g/mol. The highest BCUT2D eigenvalue weighted by Gasteiger charge is 2.36. The maximum atomic E-state index is 11.3. The Labute approximate surface area is 80.7 Å². The largest absolute Gasteiger partial charge is 0.507 e. The first-order chi connectivity index (χ1) is 6.74. The van der Waals surface area contributed by atoms with Crippen LogP contribution in [0.25, 0.3) is 0 Å². The molecule has 0 fully saturated rings. The van der Waals surface area contributed by atoms with E-state index in [0.29, 0.717) is 18.7 Å². The van der Waals surface area contributed by atoms with Gasteiger partial charge in [-0.3, -0.25) is 4.99 Å². The fourth-order valence-corrected chi connectivity index (χ4v) is 1.64. The number of esters is 1. The van der Waals surface area contributed by atoms with Gasteiger partial charge < -0.3 is 14.9 Å². The molecule has 0 bridgehead atoms. The van der Waals surface area contributed by atoms with Gasteiger partial charge in [0.1, 0.15) is 5.57 Å². The van der Waals surface area contributed by atoms with Crippen LogP contribution in [0.1, 0.15) is 12.8 Å². The molecule has 2 aliphatic heterocycles. The summed E-state index contributed by atoms with van der Waals surface area (Å²) in [6, 6.07) is 0. The zero-order valence-electron chi connectivity index (χ0n) is 7.56. The lowest BCUT2D eigenvalue weighted by atomic mass is 10.1. The fourth-order valence-electron chi connectivity index (χ4n) is 1.64. The maximum absolute atomic E-state index is 11.3. The van der Waals surface area contributed by atoms with E-state index in [0.717, 1.165) is 6.42 Å². The predicted octanol–water partition coefficient (Wildman–Crippen LogP) is -0.0490. The second-order valence-corrected chi connectivity index (χ2v) is 3.27. The second-order valence-electron chi connectivity index (χ2n) is 3.27. The number of hydrogen-bond acceptors (Lipinski definition) is 5. The van der Waals surface area contributed by atoms with Crippen LogP contribution in [-0.2, 0) is 9.53 Å². The Hall–Kier alpha value is -1.36. The molecule has 0 aromatic carbocycles. The lowest BCUT2D eigenvalue weighted by Gasteiger charge is -2.03. The molecule has 2 heterocycles. The second kappa shape index (κ2) is 3.42. The molecule has 76 valence electrons. The molecule has 14 heavy (non-hydrogen) atoms. The Kier molecular flexibility index (Phi) is 2.25. The summed E-state index contributed by atoms with van der Waals surface area (Å²) < 4.78 is 4.75. The van der Waals surface area contributed by atoms with Gasteiger partial charge in [-0.25, -0.2) is 4.79 Å². The van der Waals surface area contributed by atoms with E-state index in [1.165, 1.54) is 0 Å². The summed E-state index contributed by atoms with van der Waals surface area (Å²) in [5, 5.41) is 18.4. The monoisotopic (exact) mass is 197 g/mol. The van der Waals surface area contributed by atoms with E-state index in [1.54, 1.807) is 0 Å². The lowest BCUT2D eigenvalue weighted by molar-refractivity contribution is -0.141. The Morgan fingerprint density at radius 2 is 2.36 bits per heavy atom. The minimum atomic E-state index is -0.902. The summed E-state index contributed by atoms with van der Waals surface area (Å²) >= 11 is 0. The molecule has 2 N–H and O–H groups in total. The van der Waals surface area contributed by atoms with E-state index in [4.69, 9.17) is 9.84 Å². The van der Waals surface area contributed by atoms with Crippen LogP contribution in [0.3, 0.4) is 0 Å². The number of aliphatic hydroxyl groups excluding tert-OH is 2. The molecule has 0 aliphatic carbocycles. The van der Waals surface area contributed by atoms with Crippen molar-refractivity contribution in [3.05, 3.63) is 11.3 Å². The van der Waals surface area contributed by atoms with Crippen molar-refractivity contribution in [2.45, 2.75) is 18.9 Å². The third-order valence-corrected chi connectivity index (χ3v) is 2.34. The number of carbonyl (C=O) groups is 1. The Balaban J connectivity index is 2.31. The minimum Gasteiger partial charge on any atom is -0.507 e. The average Bonchev–Trinajstić information content (AvgIpc) is 2.74. The molecule has 0 radical (unpaired) electrons. The zero-order valence-corrected chi connectivity index (χ0v) is 7.56. The first-order valence-corrected chi connectivity index (χ1v) is 4.52. The SMILES string of the molecule is O=C1OC(CO)C(O)=C1C1=NCCC1. The third kappa shape index (κ3) is 1.29. The van der Waals surface area contributed by atoms with Crippen LogP contribution in [0.4, 0.5) is 0 Å². The maximum Gasteiger partial charge on any atom is 0.344 e. The normalized spacial score (nSPS) is 26.8. The fraction of sp³-hybridized carbons (Fsp3) is 0.556. The van der Waals surface area contributed by atoms with E-state index >= 15 is 0 Å². The van der Waals surface area contributed by atoms with Crippen molar-refractivity contribution < 1.29 is 19.7 Å². The highest BCUT2D eigenvalue weighted by molar-refractivity contribution is 6.21. The van der Waals surface area contributed by atoms with Crippen molar-refractivity contribution >= 4 is 11.7 Å². The molecule has 2 aliphatic rings. The standard InChI is InChI=1S/C9H11NO4/c11-4-6-8(12)7(9(13)14-6)5-2-1-3-10-5/h6,11-12H,1-4H2. The molecular formula is C9H11NO4. The molecule has 0 aromatic heterocycles. The number of hydrogen-bond donors (Lipinski definition) is 2. The molecule has 5 heteroatoms. The van der Waals surface area contributed by atoms with Gasteiger partial charge in [0.05, 0.1) is 12.3 Å². The molecule has 0 saturated heterocycles. The van der Waals surface area contributed by atoms with E-state index in [9.17, 15) is 9.90 Å². The van der Waals surface area contributed by atoms with Crippen LogP contribution in [0, 0.1) is 0 Å². The third-order valence-electron chi connectivity index (χ3n) is 2.34. The topological polar surface area (TPSA) is 79.1 Å². The van der Waals surface area contributed by atoms with Crippen molar-refractivity contribution in [3.8, 4) is 0 Å². The van der Waals surface area contributed by atoms with Gasteiger partial charge >= 0.3 is 5.97 Å². The van der Waals surface area contributed by atoms with E-state index in [2.05, 4.69) is 4.99 Å². The quantitative estimate of drug-likeness (QED) is 0.608. The van der Waals surface area contributed by atoms with E-state index in [1.807, 2.05) is 0 Å². The summed E-state index contributed by atoms with van der Waals surface area (Å²) in [6.45, 7) is 0.289. The van der Waals surface area contributed by atoms with Crippen LogP contribution in [0.2, 0.25) is 0 Å². The number of carbonyl (C=O) groups excluding carboxylic acids is 1. The van der Waals surface area contributed by atoms with Gasteiger partial charge in [0.2, 0.25) is 0 Å². The Morgan fingerprint density at radius 3 is 2.86 bits per heavy atom. The van der Waals surface area contributed by atoms with Crippen molar-refractivity contribution in [2.24, 2.45) is 4.99 Å². The number of aliphatic imine (C=N–C) groups is 1. The van der Waals surface area contributed by atoms with Gasteiger partial charge in [0, 0.05) is 6.54 Å². The summed E-state index contributed by atoms with van der Waals surface area (Å²) in [6.07, 6.45) is 0.677. The lowest BCUT2D eigenvalue weighted by Crippen LogP contribution is -2.15. The van der Waals surface area contributed by atoms with Gasteiger partial charge in [0.25, 0.3) is 0 Å². The van der Waals surface area contributed by atoms with Crippen LogP contribution in [0.15, 0.2) is 16.3 Å². The molecule has 1 unspecified atom stereocenters. The van der Waals surface area contributed by atoms with Gasteiger partial charge in [-0.05, 0) is 12.8 Å². The molecular weight excluding hydrogens is 186 g/mol. The Bertz CT molecular complexity index is 332. The highest BCUT2D eigenvalue weighted by atomic mass is 16.6. The highest BCUT2D eigenvalue weighted by Crippen LogP contribution is 2.25. The molecule has 0 saturated carbocycles. The molecule has 1 atom stereocenters. The Morgan fingerprint density at radius 1 is 1.57 bits per heavy atom. The smallest absolute Gasteiger partial charge is 0.344 e. The van der Waals surface area contributed by atoms with Crippen molar-refractivity contribution in [3.63, 3.8) is 0 Å². The number of ether oxygens (including phenoxy) is 1. The van der Waals surface area contributed by atoms with Crippen LogP contribution >= 0.6 is 0 Å². The number of nitrogens with zero attached hydrogens (tertiary/aromatic N) is 1. The van der Waals surface area contributed by atoms with Crippen LogP contribution in [0.5, 0.6) is 0 Å². The minimum absolute atomic E-state index is 0.154. The van der Waals surface area contributed by atoms with Crippen LogP contribution in [-0.4, -0.2) is 41.1 Å². The van der Waals surface area contributed by atoms with E-state index < -0.39 is 18.7 Å².